The van der Waals surface area contributed by atoms with Gasteiger partial charge in [0.05, 0.1) is 27.3 Å². The summed E-state index contributed by atoms with van der Waals surface area (Å²) < 4.78 is 38.4. The number of thiophene rings is 1. The Morgan fingerprint density at radius 2 is 1.74 bits per heavy atom. The molecule has 0 spiro atoms. The van der Waals surface area contributed by atoms with Crippen molar-refractivity contribution in [2.75, 3.05) is 33.9 Å². The molecule has 0 radical (unpaired) electrons. The highest BCUT2D eigenvalue weighted by atomic mass is 32.2. The highest BCUT2D eigenvalue weighted by Gasteiger charge is 2.25. The lowest BCUT2D eigenvalue weighted by Gasteiger charge is -2.26. The summed E-state index contributed by atoms with van der Waals surface area (Å²) in [7, 11) is -0.609. The molecular formula is C29H36N2O5S2. The topological polar surface area (TPSA) is 76.2 Å². The molecule has 0 aliphatic rings. The van der Waals surface area contributed by atoms with Crippen LogP contribution < -0.4 is 9.47 Å². The smallest absolute Gasteiger partial charge is 0.238 e. The second-order valence-corrected chi connectivity index (χ2v) is 11.7. The Hall–Kier alpha value is -3.14. The van der Waals surface area contributed by atoms with Crippen molar-refractivity contribution in [1.29, 1.82) is 0 Å². The van der Waals surface area contributed by atoms with Gasteiger partial charge in [-0.25, -0.2) is 8.42 Å². The summed E-state index contributed by atoms with van der Waals surface area (Å²) in [6.07, 6.45) is 2.75. The molecule has 1 aromatic heterocycles. The van der Waals surface area contributed by atoms with Crippen LogP contribution in [0.25, 0.3) is 6.08 Å². The number of sulfonamides is 1. The van der Waals surface area contributed by atoms with Gasteiger partial charge in [-0.05, 0) is 66.1 Å². The van der Waals surface area contributed by atoms with Crippen LogP contribution in [0.2, 0.25) is 0 Å². The van der Waals surface area contributed by atoms with Gasteiger partial charge in [0.2, 0.25) is 15.9 Å². The van der Waals surface area contributed by atoms with E-state index in [0.29, 0.717) is 37.4 Å². The fourth-order valence-corrected chi connectivity index (χ4v) is 6.09. The van der Waals surface area contributed by atoms with E-state index in [1.165, 1.54) is 9.71 Å². The summed E-state index contributed by atoms with van der Waals surface area (Å²) in [4.78, 5) is 16.4. The minimum atomic E-state index is -3.79. The Kier molecular flexibility index (Phi) is 10.9. The second-order valence-electron chi connectivity index (χ2n) is 8.87. The van der Waals surface area contributed by atoms with E-state index in [-0.39, 0.29) is 19.0 Å². The zero-order valence-electron chi connectivity index (χ0n) is 22.4. The minimum Gasteiger partial charge on any atom is -0.493 e. The summed E-state index contributed by atoms with van der Waals surface area (Å²) >= 11 is 1.59. The lowest BCUT2D eigenvalue weighted by Crippen LogP contribution is -2.43. The normalized spacial score (nSPS) is 11.7. The molecule has 9 heteroatoms. The van der Waals surface area contributed by atoms with Gasteiger partial charge in [0.25, 0.3) is 0 Å². The van der Waals surface area contributed by atoms with E-state index in [1.54, 1.807) is 36.5 Å². The van der Waals surface area contributed by atoms with E-state index in [0.717, 1.165) is 21.6 Å². The predicted octanol–water partition coefficient (Wildman–Crippen LogP) is 5.36. The molecule has 0 fully saturated rings. The van der Waals surface area contributed by atoms with Crippen molar-refractivity contribution in [2.24, 2.45) is 0 Å². The van der Waals surface area contributed by atoms with Crippen LogP contribution in [0, 0.1) is 6.92 Å². The Morgan fingerprint density at radius 3 is 2.37 bits per heavy atom. The molecule has 3 rings (SSSR count). The standard InChI is InChI=1S/C29H36N2O5S2/c1-5-16-31(38(33,34)19-15-24-9-7-6-8-10-24)22-29(32)30(21-28-23(2)14-18-37-28)17-13-25-11-12-26(35-3)27(20-25)36-4/h6-12,14-15,18-20H,5,13,16-17,21-22H2,1-4H3. The molecule has 0 N–H and O–H groups in total. The zero-order chi connectivity index (χ0) is 27.5. The van der Waals surface area contributed by atoms with E-state index in [2.05, 4.69) is 0 Å². The first-order chi connectivity index (χ1) is 18.3. The molecule has 3 aromatic rings. The van der Waals surface area contributed by atoms with Gasteiger partial charge in [0, 0.05) is 23.4 Å². The van der Waals surface area contributed by atoms with Gasteiger partial charge in [0.15, 0.2) is 11.5 Å². The largest absolute Gasteiger partial charge is 0.493 e. The Bertz CT molecular complexity index is 1320. The zero-order valence-corrected chi connectivity index (χ0v) is 24.1. The molecular weight excluding hydrogens is 520 g/mol. The first-order valence-electron chi connectivity index (χ1n) is 12.5. The summed E-state index contributed by atoms with van der Waals surface area (Å²) in [5, 5.41) is 3.19. The Morgan fingerprint density at radius 1 is 1.00 bits per heavy atom. The first kappa shape index (κ1) is 29.4. The average Bonchev–Trinajstić information content (AvgIpc) is 3.33. The van der Waals surface area contributed by atoms with Gasteiger partial charge in [-0.15, -0.1) is 11.3 Å². The maximum absolute atomic E-state index is 13.6. The highest BCUT2D eigenvalue weighted by molar-refractivity contribution is 7.92. The van der Waals surface area contributed by atoms with E-state index >= 15 is 0 Å². The van der Waals surface area contributed by atoms with E-state index in [1.807, 2.05) is 73.8 Å². The number of rotatable bonds is 14. The van der Waals surface area contributed by atoms with Crippen molar-refractivity contribution >= 4 is 33.3 Å². The van der Waals surface area contributed by atoms with E-state index in [9.17, 15) is 13.2 Å². The highest BCUT2D eigenvalue weighted by Crippen LogP contribution is 2.28. The van der Waals surface area contributed by atoms with Crippen LogP contribution in [0.5, 0.6) is 11.5 Å². The molecule has 7 nitrogen and oxygen atoms in total. The molecule has 0 bridgehead atoms. The third kappa shape index (κ3) is 8.18. The molecule has 38 heavy (non-hydrogen) atoms. The third-order valence-electron chi connectivity index (χ3n) is 6.15. The number of amides is 1. The van der Waals surface area contributed by atoms with Crippen LogP contribution in [0.1, 0.15) is 34.9 Å². The molecule has 0 aliphatic heterocycles. The number of hydrogen-bond acceptors (Lipinski definition) is 6. The molecule has 0 saturated heterocycles. The summed E-state index contributed by atoms with van der Waals surface area (Å²) in [5.74, 6) is 1.04. The number of ether oxygens (including phenoxy) is 2. The predicted molar refractivity (Wildman–Crippen MR) is 154 cm³/mol. The molecule has 1 heterocycles. The van der Waals surface area contributed by atoms with Crippen molar-refractivity contribution in [3.8, 4) is 11.5 Å². The van der Waals surface area contributed by atoms with Crippen molar-refractivity contribution < 1.29 is 22.7 Å². The maximum Gasteiger partial charge on any atom is 0.238 e. The van der Waals surface area contributed by atoms with Crippen molar-refractivity contribution in [3.05, 3.63) is 87.0 Å². The van der Waals surface area contributed by atoms with E-state index < -0.39 is 10.0 Å². The summed E-state index contributed by atoms with van der Waals surface area (Å²) in [5.41, 5.74) is 2.89. The van der Waals surface area contributed by atoms with Gasteiger partial charge < -0.3 is 14.4 Å². The van der Waals surface area contributed by atoms with Gasteiger partial charge in [0.1, 0.15) is 0 Å². The van der Waals surface area contributed by atoms with Crippen LogP contribution in [0.15, 0.2) is 65.4 Å². The minimum absolute atomic E-state index is 0.217. The molecule has 0 saturated carbocycles. The van der Waals surface area contributed by atoms with E-state index in [4.69, 9.17) is 9.47 Å². The number of benzene rings is 2. The molecule has 204 valence electrons. The first-order valence-corrected chi connectivity index (χ1v) is 14.9. The quantitative estimate of drug-likeness (QED) is 0.267. The van der Waals surface area contributed by atoms with Crippen LogP contribution in [-0.4, -0.2) is 57.4 Å². The summed E-state index contributed by atoms with van der Waals surface area (Å²) in [6, 6.07) is 17.0. The molecule has 0 unspecified atom stereocenters. The monoisotopic (exact) mass is 556 g/mol. The van der Waals surface area contributed by atoms with Crippen LogP contribution in [0.3, 0.4) is 0 Å². The number of aryl methyl sites for hydroxylation is 1. The SMILES string of the molecule is CCCN(CC(=O)N(CCc1ccc(OC)c(OC)c1)Cc1sccc1C)S(=O)(=O)C=Cc1ccccc1. The fourth-order valence-electron chi connectivity index (χ4n) is 3.94. The van der Waals surface area contributed by atoms with Crippen LogP contribution >= 0.6 is 11.3 Å². The van der Waals surface area contributed by atoms with Gasteiger partial charge in [-0.1, -0.05) is 43.3 Å². The van der Waals surface area contributed by atoms with Gasteiger partial charge in [-0.2, -0.15) is 4.31 Å². The molecule has 2 aromatic carbocycles. The number of carbonyl (C=O) groups excluding carboxylic acids is 1. The van der Waals surface area contributed by atoms with Crippen LogP contribution in [-0.2, 0) is 27.8 Å². The molecule has 0 atom stereocenters. The lowest BCUT2D eigenvalue weighted by molar-refractivity contribution is -0.132. The molecule has 0 aliphatic carbocycles. The average molecular weight is 557 g/mol. The second kappa shape index (κ2) is 14.1. The molecule has 1 amide bonds. The van der Waals surface area contributed by atoms with Crippen molar-refractivity contribution in [1.82, 2.24) is 9.21 Å². The third-order valence-corrected chi connectivity index (χ3v) is 8.67. The van der Waals surface area contributed by atoms with Gasteiger partial charge >= 0.3 is 0 Å². The summed E-state index contributed by atoms with van der Waals surface area (Å²) in [6.45, 7) is 4.82. The lowest BCUT2D eigenvalue weighted by atomic mass is 10.1. The number of methoxy groups -OCH3 is 2. The van der Waals surface area contributed by atoms with Gasteiger partial charge in [-0.3, -0.25) is 4.79 Å². The Balaban J connectivity index is 1.79. The maximum atomic E-state index is 13.6. The van der Waals surface area contributed by atoms with Crippen molar-refractivity contribution in [2.45, 2.75) is 33.2 Å². The van der Waals surface area contributed by atoms with Crippen LogP contribution in [0.4, 0.5) is 0 Å². The number of carbonyl (C=O) groups is 1. The van der Waals surface area contributed by atoms with Crippen molar-refractivity contribution in [3.63, 3.8) is 0 Å². The number of nitrogens with zero attached hydrogens (tertiary/aromatic N) is 2. The number of hydrogen-bond donors (Lipinski definition) is 0. The Labute approximate surface area is 230 Å². The fraction of sp³-hybridized carbons (Fsp3) is 0.345.